The van der Waals surface area contributed by atoms with E-state index in [9.17, 15) is 0 Å². The van der Waals surface area contributed by atoms with E-state index in [0.717, 1.165) is 19.6 Å². The maximum Gasteiger partial charge on any atom is 0.0717 e. The van der Waals surface area contributed by atoms with Gasteiger partial charge in [-0.25, -0.2) is 0 Å². The van der Waals surface area contributed by atoms with E-state index in [1.165, 1.54) is 5.56 Å². The van der Waals surface area contributed by atoms with Gasteiger partial charge in [0.15, 0.2) is 0 Å². The second-order valence-corrected chi connectivity index (χ2v) is 4.10. The maximum atomic E-state index is 5.79. The Balaban J connectivity index is 1.67. The molecule has 0 saturated carbocycles. The van der Waals surface area contributed by atoms with E-state index in [1.54, 1.807) is 0 Å². The largest absolute Gasteiger partial charge is 0.375 e. The first-order valence-electron chi connectivity index (χ1n) is 5.45. The zero-order chi connectivity index (χ0) is 10.5. The van der Waals surface area contributed by atoms with Gasteiger partial charge in [-0.15, -0.1) is 0 Å². The van der Waals surface area contributed by atoms with Crippen molar-refractivity contribution in [1.29, 1.82) is 0 Å². The third-order valence-corrected chi connectivity index (χ3v) is 2.69. The number of benzene rings is 1. The van der Waals surface area contributed by atoms with Gasteiger partial charge in [-0.1, -0.05) is 30.3 Å². The fourth-order valence-corrected chi connectivity index (χ4v) is 1.87. The third-order valence-electron chi connectivity index (χ3n) is 2.69. The second kappa shape index (κ2) is 5.26. The van der Waals surface area contributed by atoms with E-state index in [0.29, 0.717) is 18.7 Å². The van der Waals surface area contributed by atoms with Crippen molar-refractivity contribution < 1.29 is 4.74 Å². The average Bonchev–Trinajstić information content (AvgIpc) is 2.66. The predicted molar refractivity (Wildman–Crippen MR) is 60.5 cm³/mol. The zero-order valence-corrected chi connectivity index (χ0v) is 8.86. The highest BCUT2D eigenvalue weighted by atomic mass is 16.5. The Bertz CT molecular complexity index is 289. The molecule has 0 amide bonds. The molecule has 0 aromatic heterocycles. The first-order valence-corrected chi connectivity index (χ1v) is 5.45. The molecule has 0 bridgehead atoms. The third kappa shape index (κ3) is 3.30. The number of nitrogens with two attached hydrogens (primary N) is 1. The Morgan fingerprint density at radius 3 is 2.80 bits per heavy atom. The molecule has 2 rings (SSSR count). The van der Waals surface area contributed by atoms with Gasteiger partial charge in [-0.3, -0.25) is 0 Å². The number of hydrogen-bond donors (Lipinski definition) is 2. The lowest BCUT2D eigenvalue weighted by molar-refractivity contribution is 0.103. The van der Waals surface area contributed by atoms with Crippen LogP contribution in [0.25, 0.3) is 0 Å². The molecule has 3 nitrogen and oxygen atoms in total. The summed E-state index contributed by atoms with van der Waals surface area (Å²) >= 11 is 0. The highest BCUT2D eigenvalue weighted by molar-refractivity contribution is 5.13. The minimum absolute atomic E-state index is 0.301. The number of ether oxygens (including phenoxy) is 1. The Morgan fingerprint density at radius 2 is 2.13 bits per heavy atom. The van der Waals surface area contributed by atoms with Crippen molar-refractivity contribution in [3.8, 4) is 0 Å². The monoisotopic (exact) mass is 206 g/mol. The molecule has 1 fully saturated rings. The van der Waals surface area contributed by atoms with Crippen molar-refractivity contribution in [3.05, 3.63) is 35.9 Å². The van der Waals surface area contributed by atoms with Crippen LogP contribution in [0.15, 0.2) is 30.3 Å². The molecule has 1 heterocycles. The van der Waals surface area contributed by atoms with Gasteiger partial charge in [0.25, 0.3) is 0 Å². The molecule has 3 heteroatoms. The van der Waals surface area contributed by atoms with Crippen LogP contribution in [0.5, 0.6) is 0 Å². The Hall–Kier alpha value is -0.900. The smallest absolute Gasteiger partial charge is 0.0717 e. The van der Waals surface area contributed by atoms with Gasteiger partial charge in [0.1, 0.15) is 0 Å². The van der Waals surface area contributed by atoms with E-state index in [2.05, 4.69) is 17.4 Å². The summed E-state index contributed by atoms with van der Waals surface area (Å²) in [7, 11) is 0. The van der Waals surface area contributed by atoms with E-state index in [1.807, 2.05) is 18.2 Å². The summed E-state index contributed by atoms with van der Waals surface area (Å²) in [6.07, 6.45) is 1.02. The van der Waals surface area contributed by atoms with Crippen LogP contribution in [-0.4, -0.2) is 25.2 Å². The number of nitrogens with one attached hydrogen (secondary N) is 1. The molecule has 0 spiro atoms. The summed E-state index contributed by atoms with van der Waals surface area (Å²) in [4.78, 5) is 0. The maximum absolute atomic E-state index is 5.79. The highest BCUT2D eigenvalue weighted by Gasteiger charge is 2.20. The van der Waals surface area contributed by atoms with Crippen molar-refractivity contribution in [1.82, 2.24) is 5.32 Å². The summed E-state index contributed by atoms with van der Waals surface area (Å²) in [5.74, 6) is 0. The molecule has 1 aliphatic rings. The molecule has 1 saturated heterocycles. The first kappa shape index (κ1) is 10.6. The van der Waals surface area contributed by atoms with E-state index < -0.39 is 0 Å². The van der Waals surface area contributed by atoms with Crippen molar-refractivity contribution in [2.45, 2.75) is 25.1 Å². The molecular formula is C12H18N2O. The van der Waals surface area contributed by atoms with Crippen molar-refractivity contribution in [3.63, 3.8) is 0 Å². The van der Waals surface area contributed by atoms with Crippen LogP contribution in [0.1, 0.15) is 12.0 Å². The van der Waals surface area contributed by atoms with Crippen LogP contribution in [0.2, 0.25) is 0 Å². The fraction of sp³-hybridized carbons (Fsp3) is 0.500. The lowest BCUT2D eigenvalue weighted by Crippen LogP contribution is -2.26. The highest BCUT2D eigenvalue weighted by Crippen LogP contribution is 2.06. The van der Waals surface area contributed by atoms with Crippen molar-refractivity contribution >= 4 is 0 Å². The van der Waals surface area contributed by atoms with Gasteiger partial charge in [0, 0.05) is 18.6 Å². The molecule has 1 aliphatic heterocycles. The lowest BCUT2D eigenvalue weighted by atomic mass is 10.2. The Kier molecular flexibility index (Phi) is 3.72. The summed E-state index contributed by atoms with van der Waals surface area (Å²) in [5.41, 5.74) is 7.01. The van der Waals surface area contributed by atoms with Gasteiger partial charge < -0.3 is 15.8 Å². The van der Waals surface area contributed by atoms with E-state index >= 15 is 0 Å². The summed E-state index contributed by atoms with van der Waals surface area (Å²) < 4.78 is 5.63. The van der Waals surface area contributed by atoms with E-state index in [-0.39, 0.29) is 0 Å². The molecule has 82 valence electrons. The summed E-state index contributed by atoms with van der Waals surface area (Å²) in [6.45, 7) is 2.36. The van der Waals surface area contributed by atoms with Gasteiger partial charge in [0.2, 0.25) is 0 Å². The van der Waals surface area contributed by atoms with Gasteiger partial charge in [-0.2, -0.15) is 0 Å². The normalized spacial score (nSPS) is 25.7. The van der Waals surface area contributed by atoms with Crippen LogP contribution in [-0.2, 0) is 11.3 Å². The first-order chi connectivity index (χ1) is 7.34. The topological polar surface area (TPSA) is 47.3 Å². The Morgan fingerprint density at radius 1 is 1.33 bits per heavy atom. The van der Waals surface area contributed by atoms with Gasteiger partial charge >= 0.3 is 0 Å². The van der Waals surface area contributed by atoms with Crippen LogP contribution < -0.4 is 11.1 Å². The minimum Gasteiger partial charge on any atom is -0.375 e. The van der Waals surface area contributed by atoms with Gasteiger partial charge in [-0.05, 0) is 12.0 Å². The number of rotatable bonds is 4. The molecule has 1 aromatic rings. The van der Waals surface area contributed by atoms with Crippen molar-refractivity contribution in [2.24, 2.45) is 5.73 Å². The second-order valence-electron chi connectivity index (χ2n) is 4.10. The van der Waals surface area contributed by atoms with E-state index in [4.69, 9.17) is 10.5 Å². The molecule has 1 aromatic carbocycles. The van der Waals surface area contributed by atoms with Crippen LogP contribution in [0, 0.1) is 0 Å². The number of hydrogen-bond acceptors (Lipinski definition) is 3. The molecule has 3 N–H and O–H groups in total. The zero-order valence-electron chi connectivity index (χ0n) is 8.86. The van der Waals surface area contributed by atoms with Crippen LogP contribution >= 0.6 is 0 Å². The molecule has 15 heavy (non-hydrogen) atoms. The van der Waals surface area contributed by atoms with Crippen LogP contribution in [0.4, 0.5) is 0 Å². The fourth-order valence-electron chi connectivity index (χ4n) is 1.87. The van der Waals surface area contributed by atoms with Crippen LogP contribution in [0.3, 0.4) is 0 Å². The minimum atomic E-state index is 0.301. The lowest BCUT2D eigenvalue weighted by Gasteiger charge is -2.10. The van der Waals surface area contributed by atoms with Crippen molar-refractivity contribution in [2.75, 3.05) is 13.2 Å². The molecular weight excluding hydrogens is 188 g/mol. The molecule has 0 radical (unpaired) electrons. The molecule has 2 atom stereocenters. The SMILES string of the molecule is N[C@H]1CN[C@H](COCc2ccccc2)C1. The standard InChI is InChI=1S/C12H18N2O/c13-11-6-12(14-7-11)9-15-8-10-4-2-1-3-5-10/h1-5,11-12,14H,6-9,13H2/t11-,12+/m1/s1. The summed E-state index contributed by atoms with van der Waals surface area (Å²) in [5, 5.41) is 3.34. The molecule has 0 aliphatic carbocycles. The molecule has 0 unspecified atom stereocenters. The Labute approximate surface area is 90.6 Å². The summed E-state index contributed by atoms with van der Waals surface area (Å²) in [6, 6.07) is 11.0. The van der Waals surface area contributed by atoms with Gasteiger partial charge in [0.05, 0.1) is 13.2 Å². The quantitative estimate of drug-likeness (QED) is 0.769. The average molecular weight is 206 g/mol. The predicted octanol–water partition coefficient (Wildman–Crippen LogP) is 0.892.